The lowest BCUT2D eigenvalue weighted by Gasteiger charge is -1.99. The summed E-state index contributed by atoms with van der Waals surface area (Å²) >= 11 is 0. The Balaban J connectivity index is 1.86. The zero-order valence-electron chi connectivity index (χ0n) is 14.1. The molecule has 26 heavy (non-hydrogen) atoms. The lowest BCUT2D eigenvalue weighted by Crippen LogP contribution is -2.02. The molecule has 0 amide bonds. The Kier molecular flexibility index (Phi) is 3.47. The molecule has 12 heteroatoms. The number of rotatable bonds is 3. The number of H-pyrrole nitrogens is 1. The van der Waals surface area contributed by atoms with Crippen LogP contribution in [0.3, 0.4) is 0 Å². The van der Waals surface area contributed by atoms with E-state index in [-0.39, 0.29) is 17.3 Å². The van der Waals surface area contributed by atoms with Crippen molar-refractivity contribution in [3.8, 4) is 12.0 Å². The third kappa shape index (κ3) is 2.38. The van der Waals surface area contributed by atoms with E-state index in [1.807, 2.05) is 6.92 Å². The van der Waals surface area contributed by atoms with Crippen LogP contribution < -0.4 is 0 Å². The van der Waals surface area contributed by atoms with Gasteiger partial charge in [0.1, 0.15) is 30.1 Å². The van der Waals surface area contributed by atoms with Crippen molar-refractivity contribution in [3.05, 3.63) is 35.4 Å². The lowest BCUT2D eigenvalue weighted by molar-refractivity contribution is 0.781. The maximum atomic E-state index is 9.46. The van der Waals surface area contributed by atoms with E-state index in [1.165, 1.54) is 22.0 Å². The van der Waals surface area contributed by atoms with Gasteiger partial charge in [-0.25, -0.2) is 9.97 Å². The first-order chi connectivity index (χ1) is 12.6. The van der Waals surface area contributed by atoms with Crippen molar-refractivity contribution in [2.24, 2.45) is 10.2 Å². The summed E-state index contributed by atoms with van der Waals surface area (Å²) < 4.78 is 2.88. The first-order valence-corrected chi connectivity index (χ1v) is 7.54. The molecule has 0 atom stereocenters. The van der Waals surface area contributed by atoms with Crippen molar-refractivity contribution >= 4 is 17.2 Å². The molecule has 12 nitrogen and oxygen atoms in total. The molecular weight excluding hydrogens is 336 g/mol. The van der Waals surface area contributed by atoms with Crippen molar-refractivity contribution in [3.63, 3.8) is 0 Å². The highest BCUT2D eigenvalue weighted by molar-refractivity contribution is 5.66. The topological polar surface area (TPSA) is 151 Å². The molecule has 0 saturated heterocycles. The number of azo groups is 1. The minimum absolute atomic E-state index is 0.228. The number of aryl methyl sites for hydroxylation is 3. The van der Waals surface area contributed by atoms with E-state index in [0.717, 1.165) is 5.69 Å². The first-order valence-electron chi connectivity index (χ1n) is 7.54. The monoisotopic (exact) mass is 348 g/mol. The summed E-state index contributed by atoms with van der Waals surface area (Å²) in [6, 6.07) is 2.09. The van der Waals surface area contributed by atoms with E-state index < -0.39 is 0 Å². The van der Waals surface area contributed by atoms with Gasteiger partial charge < -0.3 is 0 Å². The van der Waals surface area contributed by atoms with E-state index in [9.17, 15) is 5.26 Å². The average molecular weight is 348 g/mol. The molecule has 0 aliphatic heterocycles. The highest BCUT2D eigenvalue weighted by Gasteiger charge is 2.19. The van der Waals surface area contributed by atoms with Gasteiger partial charge in [0.2, 0.25) is 5.65 Å². The minimum Gasteiger partial charge on any atom is -0.278 e. The Bertz CT molecular complexity index is 1170. The van der Waals surface area contributed by atoms with E-state index in [4.69, 9.17) is 0 Å². The van der Waals surface area contributed by atoms with Crippen molar-refractivity contribution in [2.75, 3.05) is 0 Å². The Morgan fingerprint density at radius 3 is 2.62 bits per heavy atom. The minimum atomic E-state index is 0.228. The molecule has 0 bridgehead atoms. The van der Waals surface area contributed by atoms with Crippen LogP contribution >= 0.6 is 0 Å². The maximum Gasteiger partial charge on any atom is 0.255 e. The molecule has 1 N–H and O–H groups in total. The molecule has 0 saturated carbocycles. The molecule has 0 unspecified atom stereocenters. The van der Waals surface area contributed by atoms with Crippen LogP contribution in [0.1, 0.15) is 22.8 Å². The highest BCUT2D eigenvalue weighted by Crippen LogP contribution is 2.29. The first kappa shape index (κ1) is 15.5. The standard InChI is InChI=1S/C14H12N12/c1-7-10(4-15)12(25(22-7)14-17-5-16-6-18-14)21-20-11-8(2)23-26-13(11)19-9(3)24-26/h5-6,23H,1-3H3. The molecule has 4 heterocycles. The predicted molar refractivity (Wildman–Crippen MR) is 87.4 cm³/mol. The fourth-order valence-corrected chi connectivity index (χ4v) is 2.46. The van der Waals surface area contributed by atoms with E-state index in [0.29, 0.717) is 22.9 Å². The number of nitriles is 1. The van der Waals surface area contributed by atoms with Gasteiger partial charge in [-0.1, -0.05) is 0 Å². The molecule has 0 aliphatic carbocycles. The van der Waals surface area contributed by atoms with Crippen LogP contribution in [0.2, 0.25) is 0 Å². The van der Waals surface area contributed by atoms with Crippen LogP contribution in [0.5, 0.6) is 0 Å². The summed E-state index contributed by atoms with van der Waals surface area (Å²) in [4.78, 5) is 16.2. The third-order valence-electron chi connectivity index (χ3n) is 3.62. The summed E-state index contributed by atoms with van der Waals surface area (Å²) in [5.74, 6) is 1.08. The fraction of sp³-hybridized carbons (Fsp3) is 0.214. The number of hydrogen-bond donors (Lipinski definition) is 1. The molecule has 0 fully saturated rings. The highest BCUT2D eigenvalue weighted by atomic mass is 15.5. The van der Waals surface area contributed by atoms with Gasteiger partial charge >= 0.3 is 0 Å². The second-order valence-corrected chi connectivity index (χ2v) is 5.43. The molecule has 0 aliphatic rings. The van der Waals surface area contributed by atoms with Crippen LogP contribution in [-0.2, 0) is 0 Å². The largest absolute Gasteiger partial charge is 0.278 e. The number of nitrogens with zero attached hydrogens (tertiary/aromatic N) is 11. The van der Waals surface area contributed by atoms with Crippen molar-refractivity contribution in [2.45, 2.75) is 20.8 Å². The third-order valence-corrected chi connectivity index (χ3v) is 3.62. The van der Waals surface area contributed by atoms with Crippen LogP contribution in [0.15, 0.2) is 22.9 Å². The van der Waals surface area contributed by atoms with Gasteiger partial charge in [0.25, 0.3) is 5.95 Å². The van der Waals surface area contributed by atoms with Gasteiger partial charge in [0, 0.05) is 0 Å². The second kappa shape index (κ2) is 5.81. The van der Waals surface area contributed by atoms with E-state index in [1.54, 1.807) is 13.8 Å². The predicted octanol–water partition coefficient (Wildman–Crippen LogP) is 1.64. The van der Waals surface area contributed by atoms with Gasteiger partial charge in [-0.2, -0.15) is 29.6 Å². The normalized spacial score (nSPS) is 11.5. The number of aromatic nitrogens is 9. The summed E-state index contributed by atoms with van der Waals surface area (Å²) in [6.07, 6.45) is 2.68. The fourth-order valence-electron chi connectivity index (χ4n) is 2.46. The van der Waals surface area contributed by atoms with Gasteiger partial charge in [0.05, 0.1) is 11.4 Å². The second-order valence-electron chi connectivity index (χ2n) is 5.43. The van der Waals surface area contributed by atoms with Crippen LogP contribution in [0.4, 0.5) is 11.5 Å². The Morgan fingerprint density at radius 2 is 1.88 bits per heavy atom. The Labute approximate surface area is 146 Å². The van der Waals surface area contributed by atoms with Gasteiger partial charge in [0.15, 0.2) is 11.5 Å². The molecule has 0 spiro atoms. The summed E-state index contributed by atoms with van der Waals surface area (Å²) in [5.41, 5.74) is 2.60. The van der Waals surface area contributed by atoms with Crippen LogP contribution in [-0.4, -0.2) is 44.5 Å². The Hall–Kier alpha value is -4.01. The lowest BCUT2D eigenvalue weighted by atomic mass is 10.3. The van der Waals surface area contributed by atoms with E-state index >= 15 is 0 Å². The van der Waals surface area contributed by atoms with Gasteiger partial charge in [-0.15, -0.1) is 15.3 Å². The zero-order chi connectivity index (χ0) is 18.3. The van der Waals surface area contributed by atoms with Gasteiger partial charge in [-0.3, -0.25) is 5.10 Å². The molecule has 4 aromatic heterocycles. The van der Waals surface area contributed by atoms with Crippen molar-refractivity contribution in [1.82, 2.24) is 44.5 Å². The SMILES string of the molecule is Cc1nc2c(N=Nc3c(C#N)c(C)nn3-c3ncncn3)c(C)[nH]n2n1. The molecule has 0 aromatic carbocycles. The molecule has 4 aromatic rings. The summed E-state index contributed by atoms with van der Waals surface area (Å²) in [6.45, 7) is 5.32. The number of aromatic amines is 1. The average Bonchev–Trinajstić information content (AvgIpc) is 3.23. The Morgan fingerprint density at radius 1 is 1.12 bits per heavy atom. The van der Waals surface area contributed by atoms with E-state index in [2.05, 4.69) is 51.5 Å². The quantitative estimate of drug-likeness (QED) is 0.552. The summed E-state index contributed by atoms with van der Waals surface area (Å²) in [5, 5.41) is 29.5. The summed E-state index contributed by atoms with van der Waals surface area (Å²) in [7, 11) is 0. The zero-order valence-corrected chi connectivity index (χ0v) is 14.1. The molecule has 0 radical (unpaired) electrons. The smallest absolute Gasteiger partial charge is 0.255 e. The number of fused-ring (bicyclic) bond motifs is 1. The number of nitrogens with one attached hydrogen (secondary N) is 1. The van der Waals surface area contributed by atoms with Gasteiger partial charge in [-0.05, 0) is 20.8 Å². The maximum absolute atomic E-state index is 9.46. The van der Waals surface area contributed by atoms with Crippen molar-refractivity contribution < 1.29 is 0 Å². The number of hydrogen-bond acceptors (Lipinski definition) is 9. The van der Waals surface area contributed by atoms with Crippen LogP contribution in [0.25, 0.3) is 11.6 Å². The molecule has 128 valence electrons. The molecule has 4 rings (SSSR count). The van der Waals surface area contributed by atoms with Crippen molar-refractivity contribution in [1.29, 1.82) is 5.26 Å². The van der Waals surface area contributed by atoms with Crippen LogP contribution in [0, 0.1) is 32.1 Å². The molecular formula is C14H12N12.